The van der Waals surface area contributed by atoms with E-state index in [2.05, 4.69) is 15.8 Å². The predicted molar refractivity (Wildman–Crippen MR) is 100 cm³/mol. The van der Waals surface area contributed by atoms with Crippen LogP contribution in [-0.4, -0.2) is 17.1 Å². The molecule has 0 bridgehead atoms. The van der Waals surface area contributed by atoms with E-state index in [4.69, 9.17) is 20.5 Å². The van der Waals surface area contributed by atoms with Crippen LogP contribution in [0.25, 0.3) is 0 Å². The highest BCUT2D eigenvalue weighted by atomic mass is 35.5. The van der Waals surface area contributed by atoms with Gasteiger partial charge in [-0.05, 0) is 36.6 Å². The SMILES string of the molecule is O=C(NCc1ccco1)c1noc2c1CC(NCc1ccccc1Cl)CC2. The quantitative estimate of drug-likeness (QED) is 0.678. The van der Waals surface area contributed by atoms with Gasteiger partial charge in [0.25, 0.3) is 5.91 Å². The fourth-order valence-electron chi connectivity index (χ4n) is 3.32. The number of rotatable bonds is 6. The molecule has 0 spiro atoms. The number of aromatic nitrogens is 1. The number of nitrogens with one attached hydrogen (secondary N) is 2. The minimum atomic E-state index is -0.247. The highest BCUT2D eigenvalue weighted by Crippen LogP contribution is 2.25. The molecule has 27 heavy (non-hydrogen) atoms. The Labute approximate surface area is 161 Å². The van der Waals surface area contributed by atoms with Crippen LogP contribution in [0.15, 0.2) is 51.6 Å². The summed E-state index contributed by atoms with van der Waals surface area (Å²) in [5.41, 5.74) is 2.31. The fraction of sp³-hybridized carbons (Fsp3) is 0.300. The van der Waals surface area contributed by atoms with Crippen LogP contribution < -0.4 is 10.6 Å². The number of benzene rings is 1. The van der Waals surface area contributed by atoms with Crippen LogP contribution in [0.5, 0.6) is 0 Å². The Kier molecular flexibility index (Phi) is 5.27. The minimum absolute atomic E-state index is 0.241. The lowest BCUT2D eigenvalue weighted by molar-refractivity contribution is 0.0938. The van der Waals surface area contributed by atoms with Crippen LogP contribution in [0.4, 0.5) is 0 Å². The van der Waals surface area contributed by atoms with E-state index in [0.717, 1.165) is 34.8 Å². The van der Waals surface area contributed by atoms with Crippen molar-refractivity contribution in [2.75, 3.05) is 0 Å². The highest BCUT2D eigenvalue weighted by Gasteiger charge is 2.28. The van der Waals surface area contributed by atoms with E-state index in [-0.39, 0.29) is 11.9 Å². The summed E-state index contributed by atoms with van der Waals surface area (Å²) in [6.07, 6.45) is 3.97. The third-order valence-electron chi connectivity index (χ3n) is 4.80. The summed E-state index contributed by atoms with van der Waals surface area (Å²) in [6.45, 7) is 1.01. The third-order valence-corrected chi connectivity index (χ3v) is 5.17. The van der Waals surface area contributed by atoms with Gasteiger partial charge in [0, 0.05) is 29.6 Å². The molecule has 0 saturated carbocycles. The summed E-state index contributed by atoms with van der Waals surface area (Å²) in [4.78, 5) is 12.5. The lowest BCUT2D eigenvalue weighted by Crippen LogP contribution is -2.35. The van der Waals surface area contributed by atoms with Crippen molar-refractivity contribution in [2.45, 2.75) is 38.4 Å². The largest absolute Gasteiger partial charge is 0.467 e. The van der Waals surface area contributed by atoms with Crippen LogP contribution in [0.3, 0.4) is 0 Å². The number of carbonyl (C=O) groups excluding carboxylic acids is 1. The molecule has 1 atom stereocenters. The van der Waals surface area contributed by atoms with Crippen molar-refractivity contribution in [1.29, 1.82) is 0 Å². The molecule has 0 saturated heterocycles. The second-order valence-corrected chi connectivity index (χ2v) is 7.01. The van der Waals surface area contributed by atoms with E-state index in [1.54, 1.807) is 12.3 Å². The van der Waals surface area contributed by atoms with Crippen molar-refractivity contribution in [3.63, 3.8) is 0 Å². The summed E-state index contributed by atoms with van der Waals surface area (Å²) >= 11 is 6.22. The zero-order valence-corrected chi connectivity index (χ0v) is 15.5. The van der Waals surface area contributed by atoms with Crippen LogP contribution in [0.1, 0.15) is 39.6 Å². The van der Waals surface area contributed by atoms with E-state index in [1.807, 2.05) is 30.3 Å². The van der Waals surface area contributed by atoms with Crippen molar-refractivity contribution in [3.8, 4) is 0 Å². The summed E-state index contributed by atoms with van der Waals surface area (Å²) in [5, 5.41) is 11.1. The number of fused-ring (bicyclic) bond motifs is 1. The van der Waals surface area contributed by atoms with Crippen LogP contribution in [0, 0.1) is 0 Å². The maximum atomic E-state index is 12.5. The smallest absolute Gasteiger partial charge is 0.274 e. The molecule has 3 aromatic rings. The Bertz CT molecular complexity index is 920. The molecule has 0 fully saturated rings. The van der Waals surface area contributed by atoms with Gasteiger partial charge in [-0.2, -0.15) is 0 Å². The van der Waals surface area contributed by atoms with E-state index >= 15 is 0 Å². The van der Waals surface area contributed by atoms with Gasteiger partial charge in [0.05, 0.1) is 12.8 Å². The number of furan rings is 1. The van der Waals surface area contributed by atoms with Crippen molar-refractivity contribution < 1.29 is 13.7 Å². The number of aryl methyl sites for hydroxylation is 1. The van der Waals surface area contributed by atoms with Crippen molar-refractivity contribution in [2.24, 2.45) is 0 Å². The highest BCUT2D eigenvalue weighted by molar-refractivity contribution is 6.31. The molecule has 0 aliphatic heterocycles. The van der Waals surface area contributed by atoms with E-state index < -0.39 is 0 Å². The van der Waals surface area contributed by atoms with Gasteiger partial charge in [0.2, 0.25) is 0 Å². The van der Waals surface area contributed by atoms with E-state index in [0.29, 0.717) is 31.0 Å². The van der Waals surface area contributed by atoms with Crippen molar-refractivity contribution in [3.05, 3.63) is 76.0 Å². The number of hydrogen-bond acceptors (Lipinski definition) is 5. The first-order valence-corrected chi connectivity index (χ1v) is 9.33. The van der Waals surface area contributed by atoms with E-state index in [1.165, 1.54) is 0 Å². The number of halogens is 1. The molecule has 4 rings (SSSR count). The predicted octanol–water partition coefficient (Wildman–Crippen LogP) is 3.50. The molecule has 6 nitrogen and oxygen atoms in total. The Hall–Kier alpha value is -2.57. The maximum Gasteiger partial charge on any atom is 0.274 e. The van der Waals surface area contributed by atoms with Crippen LogP contribution in [-0.2, 0) is 25.9 Å². The zero-order chi connectivity index (χ0) is 18.6. The molecule has 0 radical (unpaired) electrons. The number of carbonyl (C=O) groups is 1. The molecule has 7 heteroatoms. The van der Waals surface area contributed by atoms with Gasteiger partial charge in [-0.25, -0.2) is 0 Å². The molecule has 1 aliphatic carbocycles. The van der Waals surface area contributed by atoms with Crippen LogP contribution >= 0.6 is 11.6 Å². The Balaban J connectivity index is 1.39. The Morgan fingerprint density at radius 1 is 1.22 bits per heavy atom. The summed E-state index contributed by atoms with van der Waals surface area (Å²) in [7, 11) is 0. The first kappa shape index (κ1) is 17.8. The summed E-state index contributed by atoms with van der Waals surface area (Å²) < 4.78 is 10.6. The topological polar surface area (TPSA) is 80.3 Å². The molecular weight excluding hydrogens is 366 g/mol. The van der Waals surface area contributed by atoms with Gasteiger partial charge >= 0.3 is 0 Å². The molecule has 1 aliphatic rings. The Morgan fingerprint density at radius 3 is 2.93 bits per heavy atom. The number of amides is 1. The van der Waals surface area contributed by atoms with Gasteiger partial charge in [0.1, 0.15) is 11.5 Å². The second-order valence-electron chi connectivity index (χ2n) is 6.61. The molecule has 1 unspecified atom stereocenters. The summed E-state index contributed by atoms with van der Waals surface area (Å²) in [5.74, 6) is 1.25. The van der Waals surface area contributed by atoms with Crippen LogP contribution in [0.2, 0.25) is 5.02 Å². The normalized spacial score (nSPS) is 16.1. The number of hydrogen-bond donors (Lipinski definition) is 2. The lowest BCUT2D eigenvalue weighted by atomic mass is 9.91. The molecule has 1 aromatic carbocycles. The average molecular weight is 386 g/mol. The van der Waals surface area contributed by atoms with Gasteiger partial charge in [-0.15, -0.1) is 0 Å². The molecule has 2 heterocycles. The molecule has 2 aromatic heterocycles. The molecular formula is C20H20ClN3O3. The lowest BCUT2D eigenvalue weighted by Gasteiger charge is -2.22. The first-order chi connectivity index (χ1) is 13.2. The van der Waals surface area contributed by atoms with Gasteiger partial charge < -0.3 is 19.6 Å². The standard InChI is InChI=1S/C20H20ClN3O3/c21-17-6-2-1-4-13(17)11-22-14-7-8-18-16(10-14)19(24-27-18)20(25)23-12-15-5-3-9-26-15/h1-6,9,14,22H,7-8,10-12H2,(H,23,25). The number of nitrogens with zero attached hydrogens (tertiary/aromatic N) is 1. The second kappa shape index (κ2) is 7.98. The third kappa shape index (κ3) is 4.07. The van der Waals surface area contributed by atoms with E-state index in [9.17, 15) is 4.79 Å². The molecule has 2 N–H and O–H groups in total. The fourth-order valence-corrected chi connectivity index (χ4v) is 3.52. The summed E-state index contributed by atoms with van der Waals surface area (Å²) in [6, 6.07) is 11.6. The minimum Gasteiger partial charge on any atom is -0.467 e. The van der Waals surface area contributed by atoms with Crippen molar-refractivity contribution in [1.82, 2.24) is 15.8 Å². The monoisotopic (exact) mass is 385 g/mol. The van der Waals surface area contributed by atoms with Gasteiger partial charge in [-0.1, -0.05) is 35.0 Å². The zero-order valence-electron chi connectivity index (χ0n) is 14.7. The first-order valence-electron chi connectivity index (χ1n) is 8.95. The van der Waals surface area contributed by atoms with Crippen molar-refractivity contribution >= 4 is 17.5 Å². The van der Waals surface area contributed by atoms with Gasteiger partial charge in [0.15, 0.2) is 5.69 Å². The molecule has 140 valence electrons. The Morgan fingerprint density at radius 2 is 2.11 bits per heavy atom. The van der Waals surface area contributed by atoms with Gasteiger partial charge in [-0.3, -0.25) is 4.79 Å². The maximum absolute atomic E-state index is 12.5. The molecule has 1 amide bonds. The average Bonchev–Trinajstić information content (AvgIpc) is 3.35.